The number of primary sulfonamides is 1. The molecular formula is C13H16N2O2S2. The van der Waals surface area contributed by atoms with Crippen molar-refractivity contribution in [2.24, 2.45) is 5.14 Å². The first-order chi connectivity index (χ1) is 8.86. The molecule has 0 saturated heterocycles. The van der Waals surface area contributed by atoms with Gasteiger partial charge in [-0.15, -0.1) is 11.3 Å². The fourth-order valence-electron chi connectivity index (χ4n) is 1.84. The number of benzene rings is 1. The van der Waals surface area contributed by atoms with E-state index in [0.29, 0.717) is 6.54 Å². The second kappa shape index (κ2) is 5.32. The van der Waals surface area contributed by atoms with E-state index in [1.807, 2.05) is 6.07 Å². The Morgan fingerprint density at radius 1 is 1.26 bits per heavy atom. The van der Waals surface area contributed by atoms with Gasteiger partial charge in [0.25, 0.3) is 0 Å². The normalized spacial score (nSPS) is 11.5. The summed E-state index contributed by atoms with van der Waals surface area (Å²) in [5, 5.41) is 8.32. The first kappa shape index (κ1) is 14.0. The summed E-state index contributed by atoms with van der Waals surface area (Å²) < 4.78 is 22.5. The highest BCUT2D eigenvalue weighted by Gasteiger charge is 2.08. The van der Waals surface area contributed by atoms with Gasteiger partial charge < -0.3 is 5.32 Å². The number of nitrogens with two attached hydrogens (primary N) is 1. The second-order valence-electron chi connectivity index (χ2n) is 4.36. The molecule has 0 spiro atoms. The van der Waals surface area contributed by atoms with Crippen LogP contribution < -0.4 is 10.5 Å². The van der Waals surface area contributed by atoms with E-state index < -0.39 is 10.0 Å². The van der Waals surface area contributed by atoms with Crippen LogP contribution in [0, 0.1) is 13.8 Å². The number of thiophene rings is 1. The topological polar surface area (TPSA) is 72.2 Å². The zero-order chi connectivity index (χ0) is 14.0. The number of nitrogens with one attached hydrogen (secondary N) is 1. The lowest BCUT2D eigenvalue weighted by Crippen LogP contribution is -2.12. The van der Waals surface area contributed by atoms with E-state index in [1.165, 1.54) is 21.4 Å². The molecule has 0 bridgehead atoms. The largest absolute Gasteiger partial charge is 0.381 e. The molecule has 0 aliphatic carbocycles. The predicted molar refractivity (Wildman–Crippen MR) is 78.9 cm³/mol. The molecule has 0 fully saturated rings. The van der Waals surface area contributed by atoms with Gasteiger partial charge in [-0.05, 0) is 43.7 Å². The van der Waals surface area contributed by atoms with E-state index >= 15 is 0 Å². The molecule has 6 heteroatoms. The van der Waals surface area contributed by atoms with Crippen LogP contribution in [0.2, 0.25) is 0 Å². The summed E-state index contributed by atoms with van der Waals surface area (Å²) in [5.74, 6) is 0. The highest BCUT2D eigenvalue weighted by molar-refractivity contribution is 7.89. The molecule has 0 amide bonds. The Morgan fingerprint density at radius 2 is 2.00 bits per heavy atom. The molecule has 1 aromatic carbocycles. The molecule has 0 saturated carbocycles. The Bertz CT molecular complexity index is 690. The van der Waals surface area contributed by atoms with Crippen LogP contribution in [-0.4, -0.2) is 8.42 Å². The Hall–Kier alpha value is -1.37. The van der Waals surface area contributed by atoms with E-state index in [0.717, 1.165) is 5.69 Å². The van der Waals surface area contributed by atoms with Gasteiger partial charge >= 0.3 is 0 Å². The summed E-state index contributed by atoms with van der Waals surface area (Å²) in [6.07, 6.45) is 0. The highest BCUT2D eigenvalue weighted by atomic mass is 32.2. The maximum Gasteiger partial charge on any atom is 0.238 e. The molecule has 19 heavy (non-hydrogen) atoms. The number of hydrogen-bond donors (Lipinski definition) is 2. The average Bonchev–Trinajstić information content (AvgIpc) is 2.64. The number of sulfonamides is 1. The van der Waals surface area contributed by atoms with Gasteiger partial charge in [-0.2, -0.15) is 0 Å². The summed E-state index contributed by atoms with van der Waals surface area (Å²) >= 11 is 1.76. The minimum Gasteiger partial charge on any atom is -0.381 e. The maximum absolute atomic E-state index is 11.3. The lowest BCUT2D eigenvalue weighted by atomic mass is 10.2. The molecule has 0 aliphatic rings. The third-order valence-electron chi connectivity index (χ3n) is 2.79. The van der Waals surface area contributed by atoms with Crippen LogP contribution in [0.15, 0.2) is 35.2 Å². The van der Waals surface area contributed by atoms with Gasteiger partial charge in [-0.25, -0.2) is 13.6 Å². The van der Waals surface area contributed by atoms with Gasteiger partial charge in [0.2, 0.25) is 10.0 Å². The summed E-state index contributed by atoms with van der Waals surface area (Å²) in [5.41, 5.74) is 1.97. The average molecular weight is 296 g/mol. The minimum atomic E-state index is -3.65. The van der Waals surface area contributed by atoms with Crippen LogP contribution in [-0.2, 0) is 16.6 Å². The van der Waals surface area contributed by atoms with E-state index in [9.17, 15) is 8.42 Å². The molecule has 0 atom stereocenters. The fourth-order valence-corrected chi connectivity index (χ4v) is 3.35. The molecule has 0 unspecified atom stereocenters. The summed E-state index contributed by atoms with van der Waals surface area (Å²) in [6, 6.07) is 8.66. The molecule has 0 aliphatic heterocycles. The minimum absolute atomic E-state index is 0.121. The number of hydrogen-bond acceptors (Lipinski definition) is 4. The Kier molecular flexibility index (Phi) is 3.93. The van der Waals surface area contributed by atoms with Gasteiger partial charge in [0, 0.05) is 22.0 Å². The summed E-state index contributed by atoms with van der Waals surface area (Å²) in [4.78, 5) is 2.66. The van der Waals surface area contributed by atoms with Crippen LogP contribution in [0.25, 0.3) is 0 Å². The third-order valence-corrected chi connectivity index (χ3v) is 4.71. The maximum atomic E-state index is 11.3. The molecular weight excluding hydrogens is 280 g/mol. The van der Waals surface area contributed by atoms with E-state index in [4.69, 9.17) is 5.14 Å². The van der Waals surface area contributed by atoms with Crippen molar-refractivity contribution in [1.82, 2.24) is 0 Å². The van der Waals surface area contributed by atoms with Gasteiger partial charge in [-0.3, -0.25) is 0 Å². The third kappa shape index (κ3) is 3.56. The van der Waals surface area contributed by atoms with E-state index in [-0.39, 0.29) is 4.90 Å². The lowest BCUT2D eigenvalue weighted by molar-refractivity contribution is 0.598. The molecule has 2 aromatic rings. The van der Waals surface area contributed by atoms with Crippen LogP contribution in [0.4, 0.5) is 5.69 Å². The van der Waals surface area contributed by atoms with Gasteiger partial charge in [0.1, 0.15) is 0 Å². The predicted octanol–water partition coefficient (Wildman–Crippen LogP) is 2.62. The van der Waals surface area contributed by atoms with Crippen LogP contribution in [0.5, 0.6) is 0 Å². The molecule has 1 heterocycles. The lowest BCUT2D eigenvalue weighted by Gasteiger charge is -2.07. The number of anilines is 1. The zero-order valence-corrected chi connectivity index (χ0v) is 12.4. The van der Waals surface area contributed by atoms with Crippen molar-refractivity contribution in [2.75, 3.05) is 5.32 Å². The summed E-state index contributed by atoms with van der Waals surface area (Å²) in [6.45, 7) is 4.82. The van der Waals surface area contributed by atoms with Gasteiger partial charge in [-0.1, -0.05) is 6.07 Å². The van der Waals surface area contributed by atoms with E-state index in [1.54, 1.807) is 23.5 Å². The Morgan fingerprint density at radius 3 is 2.58 bits per heavy atom. The van der Waals surface area contributed by atoms with Crippen molar-refractivity contribution in [1.29, 1.82) is 0 Å². The van der Waals surface area contributed by atoms with Crippen LogP contribution in [0.3, 0.4) is 0 Å². The van der Waals surface area contributed by atoms with Gasteiger partial charge in [0.05, 0.1) is 4.90 Å². The molecule has 2 rings (SSSR count). The first-order valence-electron chi connectivity index (χ1n) is 5.79. The monoisotopic (exact) mass is 296 g/mol. The van der Waals surface area contributed by atoms with Gasteiger partial charge in [0.15, 0.2) is 0 Å². The molecule has 0 radical (unpaired) electrons. The van der Waals surface area contributed by atoms with Crippen molar-refractivity contribution in [3.05, 3.63) is 45.6 Å². The Balaban J connectivity index is 2.14. The molecule has 3 N–H and O–H groups in total. The SMILES string of the molecule is Cc1cc(CNc2cccc(S(N)(=O)=O)c2)c(C)s1. The highest BCUT2D eigenvalue weighted by Crippen LogP contribution is 2.22. The van der Waals surface area contributed by atoms with Crippen LogP contribution in [0.1, 0.15) is 15.3 Å². The van der Waals surface area contributed by atoms with E-state index in [2.05, 4.69) is 25.2 Å². The Labute approximate surface area is 117 Å². The zero-order valence-electron chi connectivity index (χ0n) is 10.8. The van der Waals surface area contributed by atoms with Crippen LogP contribution >= 0.6 is 11.3 Å². The number of rotatable bonds is 4. The quantitative estimate of drug-likeness (QED) is 0.911. The van der Waals surface area contributed by atoms with Crippen molar-refractivity contribution in [2.45, 2.75) is 25.3 Å². The second-order valence-corrected chi connectivity index (χ2v) is 7.39. The molecule has 102 valence electrons. The first-order valence-corrected chi connectivity index (χ1v) is 8.15. The smallest absolute Gasteiger partial charge is 0.238 e. The standard InChI is InChI=1S/C13H16N2O2S2/c1-9-6-11(10(2)18-9)8-15-12-4-3-5-13(7-12)19(14,16)17/h3-7,15H,8H2,1-2H3,(H2,14,16,17). The summed E-state index contributed by atoms with van der Waals surface area (Å²) in [7, 11) is -3.65. The van der Waals surface area contributed by atoms with Crippen molar-refractivity contribution < 1.29 is 8.42 Å². The van der Waals surface area contributed by atoms with Crippen molar-refractivity contribution >= 4 is 27.0 Å². The number of aryl methyl sites for hydroxylation is 2. The molecule has 1 aromatic heterocycles. The van der Waals surface area contributed by atoms with Crippen molar-refractivity contribution in [3.63, 3.8) is 0 Å². The fraction of sp³-hybridized carbons (Fsp3) is 0.231. The molecule has 4 nitrogen and oxygen atoms in total. The van der Waals surface area contributed by atoms with Crippen molar-refractivity contribution in [3.8, 4) is 0 Å².